The smallest absolute Gasteiger partial charge is 0.377 e. The fourth-order valence-corrected chi connectivity index (χ4v) is 0.154. The molecule has 0 unspecified atom stereocenters. The Bertz CT molecular complexity index is 159. The first-order valence-electron chi connectivity index (χ1n) is 1.81. The lowest BCUT2D eigenvalue weighted by Crippen LogP contribution is -2.07. The molecule has 0 aliphatic carbocycles. The molecule has 0 aromatic rings. The fourth-order valence-electron chi connectivity index (χ4n) is 0.154. The van der Waals surface area contributed by atoms with Crippen LogP contribution in [0.15, 0.2) is 18.4 Å². The van der Waals surface area contributed by atoms with Crippen molar-refractivity contribution in [3.63, 3.8) is 0 Å². The maximum absolute atomic E-state index is 9.99. The van der Waals surface area contributed by atoms with E-state index in [0.29, 0.717) is 0 Å². The molecule has 0 heterocycles. The summed E-state index contributed by atoms with van der Waals surface area (Å²) in [4.78, 5) is 19.6. The van der Waals surface area contributed by atoms with Crippen molar-refractivity contribution in [2.75, 3.05) is 0 Å². The molecule has 0 saturated heterocycles. The third-order valence-electron chi connectivity index (χ3n) is 0.444. The molecule has 0 aromatic heterocycles. The van der Waals surface area contributed by atoms with Crippen LogP contribution in [0.4, 0.5) is 0 Å². The number of carboxylic acid groups (broad SMARTS) is 1. The van der Waals surface area contributed by atoms with E-state index in [0.717, 1.165) is 6.08 Å². The van der Waals surface area contributed by atoms with Crippen molar-refractivity contribution < 1.29 is 14.7 Å². The third kappa shape index (κ3) is 1.95. The van der Waals surface area contributed by atoms with Gasteiger partial charge in [0.05, 0.1) is 0 Å². The Morgan fingerprint density at radius 3 is 2.25 bits per heavy atom. The average molecular weight is 112 g/mol. The third-order valence-corrected chi connectivity index (χ3v) is 0.444. The average Bonchev–Trinajstić information content (AvgIpc) is 1.67. The summed E-state index contributed by atoms with van der Waals surface area (Å²) in [7, 11) is 0. The number of ketones is 1. The van der Waals surface area contributed by atoms with E-state index >= 15 is 0 Å². The van der Waals surface area contributed by atoms with Gasteiger partial charge in [-0.25, -0.2) is 4.79 Å². The standard InChI is InChI=1S/C5H4O3/c1-2-3-4(6)5(7)8/h3H,1H2,(H,7,8). The molecule has 0 fully saturated rings. The molecule has 0 radical (unpaired) electrons. The maximum atomic E-state index is 9.99. The van der Waals surface area contributed by atoms with Crippen molar-refractivity contribution in [2.45, 2.75) is 0 Å². The van der Waals surface area contributed by atoms with Crippen LogP contribution in [-0.4, -0.2) is 16.9 Å². The van der Waals surface area contributed by atoms with Crippen molar-refractivity contribution in [2.24, 2.45) is 0 Å². The minimum Gasteiger partial charge on any atom is -0.475 e. The van der Waals surface area contributed by atoms with Crippen LogP contribution in [0.1, 0.15) is 0 Å². The van der Waals surface area contributed by atoms with Gasteiger partial charge in [-0.1, -0.05) is 6.58 Å². The predicted molar refractivity (Wildman–Crippen MR) is 26.4 cm³/mol. The number of hydrogen-bond donors (Lipinski definition) is 1. The van der Waals surface area contributed by atoms with Crippen LogP contribution in [0.3, 0.4) is 0 Å². The molecule has 0 saturated carbocycles. The van der Waals surface area contributed by atoms with E-state index in [9.17, 15) is 9.59 Å². The lowest BCUT2D eigenvalue weighted by molar-refractivity contribution is -0.146. The van der Waals surface area contributed by atoms with Gasteiger partial charge in [-0.05, 0) is 0 Å². The van der Waals surface area contributed by atoms with E-state index in [-0.39, 0.29) is 0 Å². The van der Waals surface area contributed by atoms with Gasteiger partial charge in [0.25, 0.3) is 5.78 Å². The highest BCUT2D eigenvalue weighted by atomic mass is 16.4. The van der Waals surface area contributed by atoms with Gasteiger partial charge in [0, 0.05) is 6.08 Å². The molecule has 1 N–H and O–H groups in total. The van der Waals surface area contributed by atoms with Crippen molar-refractivity contribution >= 4 is 11.8 Å². The first-order valence-corrected chi connectivity index (χ1v) is 1.81. The highest BCUT2D eigenvalue weighted by Crippen LogP contribution is 1.70. The lowest BCUT2D eigenvalue weighted by atomic mass is 10.4. The molecule has 3 heteroatoms. The predicted octanol–water partition coefficient (Wildman–Crippen LogP) is -0.0188. The lowest BCUT2D eigenvalue weighted by Gasteiger charge is -1.75. The Hall–Kier alpha value is -1.34. The van der Waals surface area contributed by atoms with Gasteiger partial charge < -0.3 is 5.11 Å². The number of carboxylic acids is 1. The van der Waals surface area contributed by atoms with E-state index in [4.69, 9.17) is 5.11 Å². The zero-order chi connectivity index (χ0) is 6.57. The number of carbonyl (C=O) groups is 2. The molecule has 42 valence electrons. The second-order valence-corrected chi connectivity index (χ2v) is 1.02. The van der Waals surface area contributed by atoms with Crippen LogP contribution in [-0.2, 0) is 9.59 Å². The highest BCUT2D eigenvalue weighted by molar-refractivity contribution is 6.37. The summed E-state index contributed by atoms with van der Waals surface area (Å²) in [6, 6.07) is 0. The minimum atomic E-state index is -1.49. The molecule has 0 amide bonds. The van der Waals surface area contributed by atoms with Crippen LogP contribution in [0, 0.1) is 0 Å². The van der Waals surface area contributed by atoms with Gasteiger partial charge in [-0.3, -0.25) is 4.79 Å². The Morgan fingerprint density at radius 1 is 1.62 bits per heavy atom. The van der Waals surface area contributed by atoms with Crippen molar-refractivity contribution in [1.82, 2.24) is 0 Å². The molecule has 0 spiro atoms. The Morgan fingerprint density at radius 2 is 2.12 bits per heavy atom. The van der Waals surface area contributed by atoms with Gasteiger partial charge in [-0.15, -0.1) is 5.73 Å². The fraction of sp³-hybridized carbons (Fsp3) is 0. The van der Waals surface area contributed by atoms with E-state index in [2.05, 4.69) is 6.58 Å². The quantitative estimate of drug-likeness (QED) is 0.310. The summed E-state index contributed by atoms with van der Waals surface area (Å²) in [5.41, 5.74) is 2.04. The van der Waals surface area contributed by atoms with Gasteiger partial charge in [0.1, 0.15) is 0 Å². The summed E-state index contributed by atoms with van der Waals surface area (Å²) in [5.74, 6) is -2.49. The molecule has 3 nitrogen and oxygen atoms in total. The second kappa shape index (κ2) is 2.77. The Balaban J connectivity index is 4.05. The van der Waals surface area contributed by atoms with Gasteiger partial charge in [0.15, 0.2) is 0 Å². The molecule has 0 aliphatic heterocycles. The highest BCUT2D eigenvalue weighted by Gasteiger charge is 2.03. The van der Waals surface area contributed by atoms with Gasteiger partial charge in [0.2, 0.25) is 0 Å². The maximum Gasteiger partial charge on any atom is 0.377 e. The van der Waals surface area contributed by atoms with E-state index in [1.165, 1.54) is 0 Å². The SMILES string of the molecule is C=C=CC(=O)C(=O)O. The molecule has 0 aromatic carbocycles. The normalized spacial score (nSPS) is 7.00. The summed E-state index contributed by atoms with van der Waals surface area (Å²) in [6.07, 6.45) is 0.766. The van der Waals surface area contributed by atoms with Crippen LogP contribution in [0.2, 0.25) is 0 Å². The summed E-state index contributed by atoms with van der Waals surface area (Å²) < 4.78 is 0. The molecule has 0 atom stereocenters. The first kappa shape index (κ1) is 6.66. The van der Waals surface area contributed by atoms with Gasteiger partial charge >= 0.3 is 5.97 Å². The Labute approximate surface area is 45.9 Å². The summed E-state index contributed by atoms with van der Waals surface area (Å²) >= 11 is 0. The molecular weight excluding hydrogens is 108 g/mol. The molecule has 8 heavy (non-hydrogen) atoms. The summed E-state index contributed by atoms with van der Waals surface area (Å²) in [6.45, 7) is 3.02. The zero-order valence-electron chi connectivity index (χ0n) is 4.05. The second-order valence-electron chi connectivity index (χ2n) is 1.02. The van der Waals surface area contributed by atoms with E-state index in [1.54, 1.807) is 0 Å². The first-order chi connectivity index (χ1) is 3.68. The molecule has 0 bridgehead atoms. The monoisotopic (exact) mass is 112 g/mol. The van der Waals surface area contributed by atoms with Crippen LogP contribution in [0.5, 0.6) is 0 Å². The number of hydrogen-bond acceptors (Lipinski definition) is 2. The van der Waals surface area contributed by atoms with Crippen molar-refractivity contribution in [3.8, 4) is 0 Å². The molecule has 0 rings (SSSR count). The minimum absolute atomic E-state index is 0.766. The van der Waals surface area contributed by atoms with Gasteiger partial charge in [-0.2, -0.15) is 0 Å². The topological polar surface area (TPSA) is 54.4 Å². The number of aliphatic carboxylic acids is 1. The van der Waals surface area contributed by atoms with Crippen molar-refractivity contribution in [1.29, 1.82) is 0 Å². The number of carbonyl (C=O) groups excluding carboxylic acids is 1. The Kier molecular flexibility index (Phi) is 2.31. The van der Waals surface area contributed by atoms with E-state index < -0.39 is 11.8 Å². The van der Waals surface area contributed by atoms with Crippen LogP contribution >= 0.6 is 0 Å². The zero-order valence-corrected chi connectivity index (χ0v) is 4.05. The number of rotatable bonds is 2. The van der Waals surface area contributed by atoms with E-state index in [1.807, 2.05) is 5.73 Å². The molecule has 0 aliphatic rings. The van der Waals surface area contributed by atoms with Crippen molar-refractivity contribution in [3.05, 3.63) is 18.4 Å². The van der Waals surface area contributed by atoms with Crippen LogP contribution < -0.4 is 0 Å². The largest absolute Gasteiger partial charge is 0.475 e. The van der Waals surface area contributed by atoms with Crippen LogP contribution in [0.25, 0.3) is 0 Å². The molecular formula is C5H4O3. The summed E-state index contributed by atoms with van der Waals surface area (Å²) in [5, 5.41) is 7.86.